The highest BCUT2D eigenvalue weighted by molar-refractivity contribution is 5.64. The molecule has 3 N–H and O–H groups in total. The van der Waals surface area contributed by atoms with E-state index in [1.54, 1.807) is 12.1 Å². The van der Waals surface area contributed by atoms with Gasteiger partial charge in [-0.1, -0.05) is 18.2 Å². The first-order valence-electron chi connectivity index (χ1n) is 5.75. The molecule has 1 aromatic heterocycles. The molecule has 3 rings (SSSR count). The predicted octanol–water partition coefficient (Wildman–Crippen LogP) is 2.27. The first-order valence-corrected chi connectivity index (χ1v) is 5.75. The lowest BCUT2D eigenvalue weighted by Gasteiger charge is -2.03. The minimum Gasteiger partial charge on any atom is -0.508 e. The molecule has 1 heterocycles. The fraction of sp³-hybridized carbons (Fsp3) is 0.214. The van der Waals surface area contributed by atoms with Crippen LogP contribution in [0.25, 0.3) is 11.1 Å². The number of hydrogen-bond acceptors (Lipinski definition) is 3. The molecule has 2 atom stereocenters. The SMILES string of the molecule is N[C@@H]1C[C@H]1c1ccc(-c2cccc(O)c2)cn1. The van der Waals surface area contributed by atoms with E-state index in [9.17, 15) is 5.11 Å². The van der Waals surface area contributed by atoms with Crippen molar-refractivity contribution in [2.75, 3.05) is 0 Å². The molecular weight excluding hydrogens is 212 g/mol. The van der Waals surface area contributed by atoms with Gasteiger partial charge in [0.25, 0.3) is 0 Å². The third kappa shape index (κ3) is 2.01. The Hall–Kier alpha value is -1.87. The molecule has 0 aliphatic heterocycles. The number of hydrogen-bond donors (Lipinski definition) is 2. The Morgan fingerprint density at radius 2 is 2.00 bits per heavy atom. The third-order valence-corrected chi connectivity index (χ3v) is 3.19. The van der Waals surface area contributed by atoms with Crippen molar-refractivity contribution in [2.45, 2.75) is 18.4 Å². The van der Waals surface area contributed by atoms with E-state index in [-0.39, 0.29) is 11.8 Å². The lowest BCUT2D eigenvalue weighted by atomic mass is 10.1. The van der Waals surface area contributed by atoms with E-state index in [2.05, 4.69) is 4.98 Å². The maximum absolute atomic E-state index is 9.42. The van der Waals surface area contributed by atoms with Crippen molar-refractivity contribution >= 4 is 0 Å². The molecule has 17 heavy (non-hydrogen) atoms. The summed E-state index contributed by atoms with van der Waals surface area (Å²) >= 11 is 0. The molecule has 3 nitrogen and oxygen atoms in total. The highest BCUT2D eigenvalue weighted by Gasteiger charge is 2.35. The summed E-state index contributed by atoms with van der Waals surface area (Å²) in [5.74, 6) is 0.712. The number of nitrogens with zero attached hydrogens (tertiary/aromatic N) is 1. The minimum absolute atomic E-state index is 0.274. The maximum Gasteiger partial charge on any atom is 0.116 e. The molecule has 1 saturated carbocycles. The fourth-order valence-electron chi connectivity index (χ4n) is 2.04. The molecule has 1 aliphatic rings. The Kier molecular flexibility index (Phi) is 2.34. The summed E-state index contributed by atoms with van der Waals surface area (Å²) < 4.78 is 0. The Morgan fingerprint density at radius 1 is 1.18 bits per heavy atom. The second-order valence-corrected chi connectivity index (χ2v) is 4.53. The Labute approximate surface area is 99.9 Å². The van der Waals surface area contributed by atoms with Gasteiger partial charge in [-0.15, -0.1) is 0 Å². The van der Waals surface area contributed by atoms with Crippen LogP contribution in [0.4, 0.5) is 0 Å². The normalized spacial score (nSPS) is 22.4. The number of phenolic OH excluding ortho intramolecular Hbond substituents is 1. The third-order valence-electron chi connectivity index (χ3n) is 3.19. The van der Waals surface area contributed by atoms with Gasteiger partial charge in [-0.3, -0.25) is 4.98 Å². The minimum atomic E-state index is 0.274. The van der Waals surface area contributed by atoms with Crippen molar-refractivity contribution in [3.63, 3.8) is 0 Å². The number of phenols is 1. The van der Waals surface area contributed by atoms with Gasteiger partial charge in [0, 0.05) is 29.4 Å². The molecule has 86 valence electrons. The van der Waals surface area contributed by atoms with Crippen LogP contribution in [-0.4, -0.2) is 16.1 Å². The summed E-state index contributed by atoms with van der Waals surface area (Å²) in [6, 6.07) is 11.5. The molecular formula is C14H14N2O. The summed E-state index contributed by atoms with van der Waals surface area (Å²) in [5.41, 5.74) is 8.85. The van der Waals surface area contributed by atoms with Gasteiger partial charge in [0.1, 0.15) is 5.75 Å². The second-order valence-electron chi connectivity index (χ2n) is 4.53. The number of nitrogens with two attached hydrogens (primary N) is 1. The smallest absolute Gasteiger partial charge is 0.116 e. The predicted molar refractivity (Wildman–Crippen MR) is 66.7 cm³/mol. The second kappa shape index (κ2) is 3.86. The van der Waals surface area contributed by atoms with Crippen LogP contribution in [0.3, 0.4) is 0 Å². The number of rotatable bonds is 2. The summed E-state index contributed by atoms with van der Waals surface area (Å²) in [4.78, 5) is 4.44. The van der Waals surface area contributed by atoms with Gasteiger partial charge >= 0.3 is 0 Å². The van der Waals surface area contributed by atoms with Gasteiger partial charge in [0.05, 0.1) is 0 Å². The average molecular weight is 226 g/mol. The van der Waals surface area contributed by atoms with Gasteiger partial charge in [-0.05, 0) is 30.2 Å². The summed E-state index contributed by atoms with van der Waals surface area (Å²) in [7, 11) is 0. The van der Waals surface area contributed by atoms with Crippen LogP contribution in [0.15, 0.2) is 42.6 Å². The monoisotopic (exact) mass is 226 g/mol. The molecule has 1 fully saturated rings. The molecule has 0 saturated heterocycles. The van der Waals surface area contributed by atoms with E-state index in [1.165, 1.54) is 0 Å². The van der Waals surface area contributed by atoms with E-state index in [0.717, 1.165) is 23.2 Å². The highest BCUT2D eigenvalue weighted by Crippen LogP contribution is 2.38. The molecule has 1 aromatic carbocycles. The van der Waals surface area contributed by atoms with Crippen LogP contribution in [0.1, 0.15) is 18.0 Å². The van der Waals surface area contributed by atoms with Crippen LogP contribution in [0.2, 0.25) is 0 Å². The zero-order valence-electron chi connectivity index (χ0n) is 9.38. The van der Waals surface area contributed by atoms with Gasteiger partial charge in [0.15, 0.2) is 0 Å². The lowest BCUT2D eigenvalue weighted by Crippen LogP contribution is -2.01. The van der Waals surface area contributed by atoms with Gasteiger partial charge < -0.3 is 10.8 Å². The van der Waals surface area contributed by atoms with Crippen LogP contribution in [0, 0.1) is 0 Å². The molecule has 0 spiro atoms. The van der Waals surface area contributed by atoms with Gasteiger partial charge in [0.2, 0.25) is 0 Å². The number of aromatic hydroxyl groups is 1. The van der Waals surface area contributed by atoms with E-state index in [0.29, 0.717) is 5.92 Å². The first kappa shape index (κ1) is 10.3. The number of benzene rings is 1. The zero-order chi connectivity index (χ0) is 11.8. The van der Waals surface area contributed by atoms with Crippen molar-refractivity contribution in [2.24, 2.45) is 5.73 Å². The zero-order valence-corrected chi connectivity index (χ0v) is 9.38. The lowest BCUT2D eigenvalue weighted by molar-refractivity contribution is 0.475. The Bertz CT molecular complexity index is 536. The van der Waals surface area contributed by atoms with Crippen LogP contribution < -0.4 is 5.73 Å². The van der Waals surface area contributed by atoms with Gasteiger partial charge in [-0.2, -0.15) is 0 Å². The maximum atomic E-state index is 9.42. The molecule has 0 unspecified atom stereocenters. The largest absolute Gasteiger partial charge is 0.508 e. The van der Waals surface area contributed by atoms with Gasteiger partial charge in [-0.25, -0.2) is 0 Å². The fourth-order valence-corrected chi connectivity index (χ4v) is 2.04. The van der Waals surface area contributed by atoms with E-state index in [1.807, 2.05) is 30.5 Å². The van der Waals surface area contributed by atoms with Crippen LogP contribution >= 0.6 is 0 Å². The average Bonchev–Trinajstić information content (AvgIpc) is 3.07. The first-order chi connectivity index (χ1) is 8.24. The van der Waals surface area contributed by atoms with E-state index >= 15 is 0 Å². The number of aromatic nitrogens is 1. The molecule has 2 aromatic rings. The summed E-state index contributed by atoms with van der Waals surface area (Å²) in [5, 5.41) is 9.42. The standard InChI is InChI=1S/C14H14N2O/c15-13-7-12(13)14-5-4-10(8-16-14)9-2-1-3-11(17)6-9/h1-6,8,12-13,17H,7,15H2/t12-,13-/m1/s1. The quantitative estimate of drug-likeness (QED) is 0.825. The highest BCUT2D eigenvalue weighted by atomic mass is 16.3. The van der Waals surface area contributed by atoms with Crippen molar-refractivity contribution < 1.29 is 5.11 Å². The van der Waals surface area contributed by atoms with Crippen LogP contribution in [-0.2, 0) is 0 Å². The molecule has 0 radical (unpaired) electrons. The van der Waals surface area contributed by atoms with Crippen molar-refractivity contribution in [3.05, 3.63) is 48.3 Å². The van der Waals surface area contributed by atoms with Crippen molar-refractivity contribution in [3.8, 4) is 16.9 Å². The van der Waals surface area contributed by atoms with Crippen molar-refractivity contribution in [1.29, 1.82) is 0 Å². The number of pyridine rings is 1. The topological polar surface area (TPSA) is 59.1 Å². The molecule has 3 heteroatoms. The van der Waals surface area contributed by atoms with Crippen LogP contribution in [0.5, 0.6) is 5.75 Å². The van der Waals surface area contributed by atoms with E-state index < -0.39 is 0 Å². The molecule has 0 amide bonds. The van der Waals surface area contributed by atoms with Crippen molar-refractivity contribution in [1.82, 2.24) is 4.98 Å². The van der Waals surface area contributed by atoms with E-state index in [4.69, 9.17) is 5.73 Å². The molecule has 1 aliphatic carbocycles. The summed E-state index contributed by atoms with van der Waals surface area (Å²) in [6.07, 6.45) is 2.88. The Balaban J connectivity index is 1.89. The molecule has 0 bridgehead atoms. The summed E-state index contributed by atoms with van der Waals surface area (Å²) in [6.45, 7) is 0. The Morgan fingerprint density at radius 3 is 2.59 bits per heavy atom.